The second kappa shape index (κ2) is 4.35. The van der Waals surface area contributed by atoms with Crippen LogP contribution in [0.2, 0.25) is 0 Å². The van der Waals surface area contributed by atoms with Crippen LogP contribution in [0.15, 0.2) is 42.1 Å². The summed E-state index contributed by atoms with van der Waals surface area (Å²) in [5.74, 6) is -0.886. The van der Waals surface area contributed by atoms with Crippen LogP contribution in [-0.2, 0) is 5.41 Å². The Kier molecular flexibility index (Phi) is 2.84. The molecule has 0 atom stereocenters. The Hall–Kier alpha value is -2.29. The third-order valence-corrected chi connectivity index (χ3v) is 4.51. The summed E-state index contributed by atoms with van der Waals surface area (Å²) in [4.78, 5) is 13.4. The predicted octanol–water partition coefficient (Wildman–Crippen LogP) is 4.17. The lowest BCUT2D eigenvalue weighted by molar-refractivity contribution is 0.0697. The zero-order chi connectivity index (χ0) is 15.4. The van der Waals surface area contributed by atoms with Crippen LogP contribution >= 0.6 is 0 Å². The fourth-order valence-corrected chi connectivity index (χ4v) is 3.62. The van der Waals surface area contributed by atoms with Gasteiger partial charge in [-0.25, -0.2) is 4.79 Å². The molecule has 0 aliphatic carbocycles. The summed E-state index contributed by atoms with van der Waals surface area (Å²) in [6.45, 7) is 6.49. The summed E-state index contributed by atoms with van der Waals surface area (Å²) in [5, 5.41) is 11.3. The number of carboxylic acid groups (broad SMARTS) is 1. The van der Waals surface area contributed by atoms with Crippen molar-refractivity contribution in [3.63, 3.8) is 0 Å². The Morgan fingerprint density at radius 1 is 1.24 bits per heavy atom. The molecule has 3 heteroatoms. The van der Waals surface area contributed by atoms with Crippen molar-refractivity contribution in [1.29, 1.82) is 0 Å². The molecule has 1 aliphatic heterocycles. The number of fused-ring (bicyclic) bond motifs is 3. The van der Waals surface area contributed by atoms with Gasteiger partial charge >= 0.3 is 5.97 Å². The summed E-state index contributed by atoms with van der Waals surface area (Å²) in [5.41, 5.74) is 3.99. The normalized spacial score (nSPS) is 18.3. The van der Waals surface area contributed by atoms with Gasteiger partial charge in [-0.2, -0.15) is 0 Å². The Labute approximate surface area is 124 Å². The standard InChI is InChI=1S/C18H19NO2/c1-5-15-18(2,3)16-13-8-6-12(17(20)21)10-11(13)7-9-14(16)19(15)4/h5-10H,1-4H3,(H,20,21). The fourth-order valence-electron chi connectivity index (χ4n) is 3.62. The smallest absolute Gasteiger partial charge is 0.335 e. The lowest BCUT2D eigenvalue weighted by atomic mass is 9.81. The first kappa shape index (κ1) is 13.7. The average Bonchev–Trinajstić information content (AvgIpc) is 2.64. The number of hydrogen-bond acceptors (Lipinski definition) is 2. The number of anilines is 1. The summed E-state index contributed by atoms with van der Waals surface area (Å²) >= 11 is 0. The molecule has 21 heavy (non-hydrogen) atoms. The van der Waals surface area contributed by atoms with Crippen LogP contribution < -0.4 is 4.90 Å². The molecule has 2 aromatic rings. The van der Waals surface area contributed by atoms with Crippen molar-refractivity contribution in [3.8, 4) is 0 Å². The van der Waals surface area contributed by atoms with Gasteiger partial charge in [0.25, 0.3) is 0 Å². The van der Waals surface area contributed by atoms with E-state index in [-0.39, 0.29) is 5.41 Å². The fraction of sp³-hybridized carbons (Fsp3) is 0.278. The molecule has 0 amide bonds. The maximum Gasteiger partial charge on any atom is 0.335 e. The molecule has 0 bridgehead atoms. The van der Waals surface area contributed by atoms with E-state index in [0.29, 0.717) is 5.56 Å². The zero-order valence-electron chi connectivity index (χ0n) is 12.8. The van der Waals surface area contributed by atoms with Crippen LogP contribution in [0.25, 0.3) is 10.8 Å². The van der Waals surface area contributed by atoms with Gasteiger partial charge < -0.3 is 10.0 Å². The van der Waals surface area contributed by atoms with E-state index in [1.165, 1.54) is 16.9 Å². The predicted molar refractivity (Wildman–Crippen MR) is 86.1 cm³/mol. The summed E-state index contributed by atoms with van der Waals surface area (Å²) in [7, 11) is 2.08. The number of benzene rings is 2. The molecule has 0 fully saturated rings. The van der Waals surface area contributed by atoms with E-state index in [1.54, 1.807) is 12.1 Å². The van der Waals surface area contributed by atoms with Gasteiger partial charge in [0.1, 0.15) is 0 Å². The van der Waals surface area contributed by atoms with E-state index in [4.69, 9.17) is 5.11 Å². The molecule has 1 aliphatic rings. The molecule has 0 saturated carbocycles. The van der Waals surface area contributed by atoms with Crippen LogP contribution in [0.5, 0.6) is 0 Å². The Balaban J connectivity index is 2.35. The van der Waals surface area contributed by atoms with Gasteiger partial charge in [0.05, 0.1) is 5.56 Å². The van der Waals surface area contributed by atoms with Gasteiger partial charge in [0, 0.05) is 23.8 Å². The number of rotatable bonds is 1. The van der Waals surface area contributed by atoms with Gasteiger partial charge in [-0.05, 0) is 41.5 Å². The number of aromatic carboxylic acids is 1. The highest BCUT2D eigenvalue weighted by molar-refractivity contribution is 5.99. The molecule has 0 radical (unpaired) electrons. The van der Waals surface area contributed by atoms with E-state index in [9.17, 15) is 4.79 Å². The minimum Gasteiger partial charge on any atom is -0.478 e. The van der Waals surface area contributed by atoms with E-state index in [2.05, 4.69) is 44.9 Å². The molecule has 3 rings (SSSR count). The van der Waals surface area contributed by atoms with Crippen molar-refractivity contribution in [2.75, 3.05) is 11.9 Å². The number of allylic oxidation sites excluding steroid dienone is 2. The maximum absolute atomic E-state index is 11.1. The lowest BCUT2D eigenvalue weighted by Gasteiger charge is -2.24. The molecule has 0 aromatic heterocycles. The number of carbonyl (C=O) groups is 1. The van der Waals surface area contributed by atoms with Crippen LogP contribution in [0.1, 0.15) is 36.7 Å². The van der Waals surface area contributed by atoms with Gasteiger partial charge in [0.15, 0.2) is 0 Å². The zero-order valence-corrected chi connectivity index (χ0v) is 12.8. The van der Waals surface area contributed by atoms with E-state index in [0.717, 1.165) is 10.8 Å². The Morgan fingerprint density at radius 3 is 2.57 bits per heavy atom. The highest BCUT2D eigenvalue weighted by Crippen LogP contribution is 2.49. The second-order valence-electron chi connectivity index (χ2n) is 6.06. The Bertz CT molecular complexity index is 787. The van der Waals surface area contributed by atoms with Crippen molar-refractivity contribution >= 4 is 22.4 Å². The largest absolute Gasteiger partial charge is 0.478 e. The van der Waals surface area contributed by atoms with Crippen LogP contribution in [0, 0.1) is 0 Å². The molecule has 0 spiro atoms. The first-order chi connectivity index (χ1) is 9.87. The van der Waals surface area contributed by atoms with Crippen molar-refractivity contribution in [2.24, 2.45) is 0 Å². The third-order valence-electron chi connectivity index (χ3n) is 4.51. The van der Waals surface area contributed by atoms with E-state index in [1.807, 2.05) is 12.1 Å². The second-order valence-corrected chi connectivity index (χ2v) is 6.06. The minimum absolute atomic E-state index is 0.0803. The molecular weight excluding hydrogens is 262 g/mol. The summed E-state index contributed by atoms with van der Waals surface area (Å²) in [6.07, 6.45) is 2.15. The first-order valence-corrected chi connectivity index (χ1v) is 7.09. The number of hydrogen-bond donors (Lipinski definition) is 1. The minimum atomic E-state index is -0.886. The first-order valence-electron chi connectivity index (χ1n) is 7.09. The number of carboxylic acids is 1. The summed E-state index contributed by atoms with van der Waals surface area (Å²) in [6, 6.07) is 9.47. The molecule has 0 unspecified atom stereocenters. The monoisotopic (exact) mass is 281 g/mol. The van der Waals surface area contributed by atoms with E-state index >= 15 is 0 Å². The van der Waals surface area contributed by atoms with Gasteiger partial charge in [-0.3, -0.25) is 0 Å². The highest BCUT2D eigenvalue weighted by Gasteiger charge is 2.39. The topological polar surface area (TPSA) is 40.5 Å². The van der Waals surface area contributed by atoms with Gasteiger partial charge in [-0.1, -0.05) is 32.1 Å². The molecule has 1 N–H and O–H groups in total. The van der Waals surface area contributed by atoms with E-state index < -0.39 is 5.97 Å². The van der Waals surface area contributed by atoms with Crippen LogP contribution in [0.3, 0.4) is 0 Å². The number of likely N-dealkylation sites (N-methyl/N-ethyl adjacent to an activating group) is 1. The van der Waals surface area contributed by atoms with Crippen molar-refractivity contribution in [3.05, 3.63) is 53.2 Å². The number of nitrogens with zero attached hydrogens (tertiary/aromatic N) is 1. The van der Waals surface area contributed by atoms with Crippen molar-refractivity contribution in [2.45, 2.75) is 26.2 Å². The summed E-state index contributed by atoms with van der Waals surface area (Å²) < 4.78 is 0. The van der Waals surface area contributed by atoms with Gasteiger partial charge in [0.2, 0.25) is 0 Å². The van der Waals surface area contributed by atoms with Crippen LogP contribution in [-0.4, -0.2) is 18.1 Å². The molecule has 3 nitrogen and oxygen atoms in total. The van der Waals surface area contributed by atoms with Crippen molar-refractivity contribution in [1.82, 2.24) is 0 Å². The third kappa shape index (κ3) is 1.77. The maximum atomic E-state index is 11.1. The SMILES string of the molecule is CC=C1N(C)c2ccc3cc(C(=O)O)ccc3c2C1(C)C. The van der Waals surface area contributed by atoms with Crippen molar-refractivity contribution < 1.29 is 9.90 Å². The quantitative estimate of drug-likeness (QED) is 0.853. The Morgan fingerprint density at radius 2 is 1.95 bits per heavy atom. The van der Waals surface area contributed by atoms with Crippen LogP contribution in [0.4, 0.5) is 5.69 Å². The molecular formula is C18H19NO2. The molecule has 0 saturated heterocycles. The molecule has 1 heterocycles. The highest BCUT2D eigenvalue weighted by atomic mass is 16.4. The average molecular weight is 281 g/mol. The lowest BCUT2D eigenvalue weighted by Crippen LogP contribution is -2.22. The molecule has 108 valence electrons. The molecule has 2 aromatic carbocycles. The van der Waals surface area contributed by atoms with Gasteiger partial charge in [-0.15, -0.1) is 0 Å².